The second-order valence-corrected chi connectivity index (χ2v) is 4.71. The zero-order valence-electron chi connectivity index (χ0n) is 9.91. The maximum atomic E-state index is 11.6. The minimum absolute atomic E-state index is 0.187. The van der Waals surface area contributed by atoms with Crippen molar-refractivity contribution in [1.82, 2.24) is 5.32 Å². The van der Waals surface area contributed by atoms with Crippen LogP contribution in [0.25, 0.3) is 0 Å². The van der Waals surface area contributed by atoms with Crippen molar-refractivity contribution in [2.24, 2.45) is 0 Å². The first kappa shape index (κ1) is 11.1. The topological polar surface area (TPSA) is 38.3 Å². The van der Waals surface area contributed by atoms with E-state index in [2.05, 4.69) is 31.3 Å². The van der Waals surface area contributed by atoms with Gasteiger partial charge in [0, 0.05) is 5.54 Å². The first-order chi connectivity index (χ1) is 7.54. The van der Waals surface area contributed by atoms with E-state index in [0.717, 1.165) is 0 Å². The summed E-state index contributed by atoms with van der Waals surface area (Å²) < 4.78 is 4.80. The lowest BCUT2D eigenvalue weighted by molar-refractivity contribution is -0.144. The minimum Gasteiger partial charge on any atom is -0.468 e. The van der Waals surface area contributed by atoms with Gasteiger partial charge in [-0.15, -0.1) is 0 Å². The highest BCUT2D eigenvalue weighted by Gasteiger charge is 2.35. The molecule has 16 heavy (non-hydrogen) atoms. The lowest BCUT2D eigenvalue weighted by Gasteiger charge is -2.37. The van der Waals surface area contributed by atoms with Gasteiger partial charge in [0.2, 0.25) is 0 Å². The Morgan fingerprint density at radius 1 is 1.44 bits per heavy atom. The number of methoxy groups -OCH3 is 1. The molecule has 0 aromatic heterocycles. The summed E-state index contributed by atoms with van der Waals surface area (Å²) >= 11 is 0. The molecule has 3 heteroatoms. The van der Waals surface area contributed by atoms with Crippen LogP contribution in [0.1, 0.15) is 25.0 Å². The second kappa shape index (κ2) is 3.91. The van der Waals surface area contributed by atoms with Crippen molar-refractivity contribution in [2.75, 3.05) is 7.11 Å². The van der Waals surface area contributed by atoms with Gasteiger partial charge < -0.3 is 4.74 Å². The minimum atomic E-state index is -0.241. The first-order valence-electron chi connectivity index (χ1n) is 5.48. The molecule has 0 spiro atoms. The predicted molar refractivity (Wildman–Crippen MR) is 62.1 cm³/mol. The number of nitrogens with one attached hydrogen (secondary N) is 1. The lowest BCUT2D eigenvalue weighted by atomic mass is 9.82. The molecule has 3 nitrogen and oxygen atoms in total. The third-order valence-electron chi connectivity index (χ3n) is 3.14. The molecule has 1 aliphatic rings. The van der Waals surface area contributed by atoms with Crippen molar-refractivity contribution >= 4 is 5.97 Å². The Hall–Kier alpha value is -1.35. The van der Waals surface area contributed by atoms with Gasteiger partial charge in [-0.3, -0.25) is 10.1 Å². The van der Waals surface area contributed by atoms with Crippen molar-refractivity contribution < 1.29 is 9.53 Å². The molecule has 86 valence electrons. The van der Waals surface area contributed by atoms with Crippen LogP contribution in [0.2, 0.25) is 0 Å². The molecule has 1 N–H and O–H groups in total. The molecule has 0 bridgehead atoms. The summed E-state index contributed by atoms with van der Waals surface area (Å²) in [6, 6.07) is 7.98. The van der Waals surface area contributed by atoms with Crippen molar-refractivity contribution in [3.8, 4) is 0 Å². The van der Waals surface area contributed by atoms with E-state index in [-0.39, 0.29) is 17.6 Å². The van der Waals surface area contributed by atoms with E-state index in [4.69, 9.17) is 4.74 Å². The Balaban J connectivity index is 2.37. The lowest BCUT2D eigenvalue weighted by Crippen LogP contribution is -2.53. The van der Waals surface area contributed by atoms with Crippen molar-refractivity contribution in [1.29, 1.82) is 0 Å². The molecule has 0 saturated carbocycles. The van der Waals surface area contributed by atoms with Gasteiger partial charge in [-0.05, 0) is 31.4 Å². The highest BCUT2D eigenvalue weighted by atomic mass is 16.5. The van der Waals surface area contributed by atoms with Crippen LogP contribution >= 0.6 is 0 Å². The number of rotatable bonds is 1. The van der Waals surface area contributed by atoms with E-state index < -0.39 is 0 Å². The van der Waals surface area contributed by atoms with Crippen molar-refractivity contribution in [2.45, 2.75) is 31.8 Å². The van der Waals surface area contributed by atoms with Gasteiger partial charge in [-0.1, -0.05) is 24.3 Å². The highest BCUT2D eigenvalue weighted by molar-refractivity contribution is 5.76. The zero-order valence-corrected chi connectivity index (χ0v) is 9.91. The van der Waals surface area contributed by atoms with Crippen LogP contribution in [-0.4, -0.2) is 19.1 Å². The summed E-state index contributed by atoms with van der Waals surface area (Å²) in [5, 5.41) is 3.33. The molecular weight excluding hydrogens is 202 g/mol. The SMILES string of the molecule is COC(=O)[C@@H]1Cc2ccccc2C(C)(C)N1. The average molecular weight is 219 g/mol. The second-order valence-electron chi connectivity index (χ2n) is 4.71. The molecule has 0 fully saturated rings. The molecule has 0 aliphatic carbocycles. The summed E-state index contributed by atoms with van der Waals surface area (Å²) in [5.41, 5.74) is 2.30. The fraction of sp³-hybridized carbons (Fsp3) is 0.462. The van der Waals surface area contributed by atoms with Gasteiger partial charge in [0.05, 0.1) is 7.11 Å². The Labute approximate surface area is 95.8 Å². The van der Waals surface area contributed by atoms with Gasteiger partial charge in [0.15, 0.2) is 0 Å². The van der Waals surface area contributed by atoms with Crippen molar-refractivity contribution in [3.63, 3.8) is 0 Å². The van der Waals surface area contributed by atoms with E-state index >= 15 is 0 Å². The fourth-order valence-electron chi connectivity index (χ4n) is 2.38. The molecule has 0 saturated heterocycles. The quantitative estimate of drug-likeness (QED) is 0.729. The monoisotopic (exact) mass is 219 g/mol. The summed E-state index contributed by atoms with van der Waals surface area (Å²) in [6.45, 7) is 4.17. The molecule has 1 aromatic rings. The summed E-state index contributed by atoms with van der Waals surface area (Å²) in [6.07, 6.45) is 0.701. The third kappa shape index (κ3) is 1.83. The maximum absolute atomic E-state index is 11.6. The number of hydrogen-bond acceptors (Lipinski definition) is 3. The van der Waals surface area contributed by atoms with Gasteiger partial charge in [0.1, 0.15) is 6.04 Å². The van der Waals surface area contributed by atoms with Gasteiger partial charge >= 0.3 is 5.97 Å². The first-order valence-corrected chi connectivity index (χ1v) is 5.48. The van der Waals surface area contributed by atoms with E-state index in [0.29, 0.717) is 6.42 Å². The molecule has 1 heterocycles. The Kier molecular flexibility index (Phi) is 2.72. The number of ether oxygens (including phenoxy) is 1. The number of carbonyl (C=O) groups is 1. The molecular formula is C13H17NO2. The van der Waals surface area contributed by atoms with Crippen molar-refractivity contribution in [3.05, 3.63) is 35.4 Å². The van der Waals surface area contributed by atoms with Crippen LogP contribution in [0.3, 0.4) is 0 Å². The largest absolute Gasteiger partial charge is 0.468 e. The van der Waals surface area contributed by atoms with Gasteiger partial charge in [-0.25, -0.2) is 0 Å². The van der Waals surface area contributed by atoms with E-state index in [9.17, 15) is 4.79 Å². The van der Waals surface area contributed by atoms with E-state index in [1.54, 1.807) is 0 Å². The van der Waals surface area contributed by atoms with Crippen LogP contribution in [0.15, 0.2) is 24.3 Å². The van der Waals surface area contributed by atoms with E-state index in [1.165, 1.54) is 18.2 Å². The third-order valence-corrected chi connectivity index (χ3v) is 3.14. The number of esters is 1. The van der Waals surface area contributed by atoms with Crippen LogP contribution in [0.4, 0.5) is 0 Å². The van der Waals surface area contributed by atoms with Crippen LogP contribution in [0.5, 0.6) is 0 Å². The van der Waals surface area contributed by atoms with Gasteiger partial charge in [-0.2, -0.15) is 0 Å². The highest BCUT2D eigenvalue weighted by Crippen LogP contribution is 2.30. The Bertz CT molecular complexity index is 412. The average Bonchev–Trinajstić information content (AvgIpc) is 2.27. The number of carbonyl (C=O) groups excluding carboxylic acids is 1. The molecule has 1 atom stereocenters. The summed E-state index contributed by atoms with van der Waals surface area (Å²) in [7, 11) is 1.43. The summed E-state index contributed by atoms with van der Waals surface area (Å²) in [4.78, 5) is 11.6. The van der Waals surface area contributed by atoms with Crippen LogP contribution in [0, 0.1) is 0 Å². The maximum Gasteiger partial charge on any atom is 0.323 e. The Morgan fingerprint density at radius 2 is 2.12 bits per heavy atom. The number of hydrogen-bond donors (Lipinski definition) is 1. The molecule has 0 radical (unpaired) electrons. The standard InChI is InChI=1S/C13H17NO2/c1-13(2)10-7-5-4-6-9(10)8-11(14-13)12(15)16-3/h4-7,11,14H,8H2,1-3H3/t11-/m0/s1. The number of fused-ring (bicyclic) bond motifs is 1. The predicted octanol–water partition coefficient (Wildman–Crippen LogP) is 1.61. The van der Waals surface area contributed by atoms with E-state index in [1.807, 2.05) is 12.1 Å². The molecule has 0 unspecified atom stereocenters. The zero-order chi connectivity index (χ0) is 11.8. The molecule has 1 aromatic carbocycles. The summed E-state index contributed by atoms with van der Waals surface area (Å²) in [5.74, 6) is -0.192. The normalized spacial score (nSPS) is 22.3. The fourth-order valence-corrected chi connectivity index (χ4v) is 2.38. The number of benzene rings is 1. The van der Waals surface area contributed by atoms with Crippen LogP contribution < -0.4 is 5.32 Å². The van der Waals surface area contributed by atoms with Crippen LogP contribution in [-0.2, 0) is 21.5 Å². The Morgan fingerprint density at radius 3 is 2.81 bits per heavy atom. The smallest absolute Gasteiger partial charge is 0.323 e. The molecule has 2 rings (SSSR count). The molecule has 0 amide bonds. The molecule has 1 aliphatic heterocycles. The van der Waals surface area contributed by atoms with Gasteiger partial charge in [0.25, 0.3) is 0 Å².